The fraction of sp³-hybridized carbons (Fsp3) is 0.0667. The summed E-state index contributed by atoms with van der Waals surface area (Å²) in [4.78, 5) is 23.9. The van der Waals surface area contributed by atoms with Crippen LogP contribution in [0.15, 0.2) is 42.9 Å². The van der Waals surface area contributed by atoms with Crippen molar-refractivity contribution >= 4 is 23.6 Å². The van der Waals surface area contributed by atoms with E-state index in [1.165, 1.54) is 0 Å². The predicted molar refractivity (Wildman–Crippen MR) is 84.1 cm³/mol. The molecule has 0 saturated heterocycles. The van der Waals surface area contributed by atoms with Gasteiger partial charge in [0.15, 0.2) is 0 Å². The molecule has 0 saturated carbocycles. The first kappa shape index (κ1) is 14.2. The third kappa shape index (κ3) is 3.26. The van der Waals surface area contributed by atoms with Gasteiger partial charge >= 0.3 is 0 Å². The van der Waals surface area contributed by atoms with Crippen molar-refractivity contribution in [2.24, 2.45) is 0 Å². The van der Waals surface area contributed by atoms with Gasteiger partial charge in [-0.25, -0.2) is 9.97 Å². The Labute approximate surface area is 130 Å². The van der Waals surface area contributed by atoms with Crippen LogP contribution in [0.2, 0.25) is 0 Å². The minimum Gasteiger partial charge on any atom is -0.456 e. The fourth-order valence-corrected chi connectivity index (χ4v) is 2.56. The number of nitrogens with one attached hydrogen (secondary N) is 1. The number of hydrogen-bond acceptors (Lipinski definition) is 6. The van der Waals surface area contributed by atoms with Gasteiger partial charge in [0.05, 0.1) is 21.8 Å². The van der Waals surface area contributed by atoms with E-state index in [0.29, 0.717) is 23.7 Å². The molecule has 110 valence electrons. The molecule has 3 aromatic rings. The number of rotatable bonds is 5. The fourth-order valence-electron chi connectivity index (χ4n) is 1.81. The predicted octanol–water partition coefficient (Wildman–Crippen LogP) is 3.27. The lowest BCUT2D eigenvalue weighted by molar-refractivity contribution is -0.105. The maximum Gasteiger partial charge on any atom is 0.212 e. The molecule has 1 N–H and O–H groups in total. The van der Waals surface area contributed by atoms with Crippen molar-refractivity contribution in [2.45, 2.75) is 6.92 Å². The zero-order valence-electron chi connectivity index (χ0n) is 11.7. The molecule has 3 aromatic heterocycles. The minimum absolute atomic E-state index is 0.470. The number of carbonyl (C=O) groups excluding carboxylic acids is 1. The van der Waals surface area contributed by atoms with Crippen LogP contribution < -0.4 is 10.1 Å². The lowest BCUT2D eigenvalue weighted by Crippen LogP contribution is -1.96. The second-order valence-corrected chi connectivity index (χ2v) is 5.60. The molecule has 7 heteroatoms. The number of ether oxygens (including phenoxy) is 1. The lowest BCUT2D eigenvalue weighted by Gasteiger charge is -2.06. The van der Waals surface area contributed by atoms with Gasteiger partial charge in [-0.05, 0) is 25.1 Å². The standard InChI is InChI=1S/C15H12N4O2S/c1-10-17-8-14(22-10)13-6-11(4-5-16-13)21-12-2-3-15(18-7-12)19-9-20/h2-9H,1H3,(H,18,19,20). The summed E-state index contributed by atoms with van der Waals surface area (Å²) in [7, 11) is 0. The van der Waals surface area contributed by atoms with Gasteiger partial charge < -0.3 is 10.1 Å². The molecule has 0 aliphatic carbocycles. The first-order valence-electron chi connectivity index (χ1n) is 6.47. The number of anilines is 1. The van der Waals surface area contributed by atoms with Crippen molar-refractivity contribution in [1.29, 1.82) is 0 Å². The van der Waals surface area contributed by atoms with Crippen molar-refractivity contribution < 1.29 is 9.53 Å². The summed E-state index contributed by atoms with van der Waals surface area (Å²) >= 11 is 1.58. The van der Waals surface area contributed by atoms with E-state index < -0.39 is 0 Å². The van der Waals surface area contributed by atoms with Gasteiger partial charge in [-0.2, -0.15) is 0 Å². The summed E-state index contributed by atoms with van der Waals surface area (Å²) in [6.07, 6.45) is 5.61. The molecule has 0 bridgehead atoms. The van der Waals surface area contributed by atoms with Crippen molar-refractivity contribution in [2.75, 3.05) is 5.32 Å². The Morgan fingerprint density at radius 2 is 2.05 bits per heavy atom. The van der Waals surface area contributed by atoms with Crippen LogP contribution in [0.5, 0.6) is 11.5 Å². The van der Waals surface area contributed by atoms with Gasteiger partial charge in [-0.3, -0.25) is 9.78 Å². The van der Waals surface area contributed by atoms with Gasteiger partial charge in [0.25, 0.3) is 0 Å². The second kappa shape index (κ2) is 6.31. The Balaban J connectivity index is 1.79. The molecule has 0 unspecified atom stereocenters. The van der Waals surface area contributed by atoms with Crippen LogP contribution in [0, 0.1) is 6.92 Å². The van der Waals surface area contributed by atoms with Crippen molar-refractivity contribution in [3.8, 4) is 22.1 Å². The Morgan fingerprint density at radius 3 is 2.73 bits per heavy atom. The monoisotopic (exact) mass is 312 g/mol. The molecule has 0 aliphatic rings. The van der Waals surface area contributed by atoms with Crippen LogP contribution in [0.4, 0.5) is 5.82 Å². The van der Waals surface area contributed by atoms with Crippen molar-refractivity contribution in [1.82, 2.24) is 15.0 Å². The molecular weight excluding hydrogens is 300 g/mol. The number of aryl methyl sites for hydroxylation is 1. The average Bonchev–Trinajstić information content (AvgIpc) is 2.97. The van der Waals surface area contributed by atoms with E-state index in [9.17, 15) is 4.79 Å². The van der Waals surface area contributed by atoms with Gasteiger partial charge in [0.1, 0.15) is 17.3 Å². The Kier molecular flexibility index (Phi) is 4.06. The summed E-state index contributed by atoms with van der Waals surface area (Å²) in [5.41, 5.74) is 0.815. The minimum atomic E-state index is 0.470. The van der Waals surface area contributed by atoms with E-state index in [4.69, 9.17) is 4.74 Å². The first-order valence-corrected chi connectivity index (χ1v) is 7.29. The molecule has 0 radical (unpaired) electrons. The van der Waals surface area contributed by atoms with Crippen LogP contribution in [0.3, 0.4) is 0 Å². The SMILES string of the molecule is Cc1ncc(-c2cc(Oc3ccc(NC=O)nc3)ccn2)s1. The Hall–Kier alpha value is -2.80. The zero-order valence-corrected chi connectivity index (χ0v) is 12.5. The van der Waals surface area contributed by atoms with Crippen LogP contribution >= 0.6 is 11.3 Å². The molecule has 3 heterocycles. The molecule has 22 heavy (non-hydrogen) atoms. The summed E-state index contributed by atoms with van der Waals surface area (Å²) in [5, 5.41) is 3.46. The Bertz CT molecular complexity index is 786. The van der Waals surface area contributed by atoms with Crippen LogP contribution in [0.1, 0.15) is 5.01 Å². The third-order valence-electron chi connectivity index (χ3n) is 2.78. The number of hydrogen-bond donors (Lipinski definition) is 1. The highest BCUT2D eigenvalue weighted by Gasteiger charge is 2.06. The molecule has 0 aromatic carbocycles. The number of nitrogens with zero attached hydrogens (tertiary/aromatic N) is 3. The van der Waals surface area contributed by atoms with E-state index in [1.807, 2.05) is 13.0 Å². The Morgan fingerprint density at radius 1 is 1.14 bits per heavy atom. The van der Waals surface area contributed by atoms with Crippen molar-refractivity contribution in [3.63, 3.8) is 0 Å². The number of pyridine rings is 2. The smallest absolute Gasteiger partial charge is 0.212 e. The van der Waals surface area contributed by atoms with Gasteiger partial charge in [0, 0.05) is 18.5 Å². The summed E-state index contributed by atoms with van der Waals surface area (Å²) in [6.45, 7) is 1.95. The largest absolute Gasteiger partial charge is 0.456 e. The maximum absolute atomic E-state index is 10.3. The molecule has 0 spiro atoms. The van der Waals surface area contributed by atoms with Crippen LogP contribution in [-0.2, 0) is 4.79 Å². The normalized spacial score (nSPS) is 10.2. The van der Waals surface area contributed by atoms with Gasteiger partial charge in [-0.15, -0.1) is 11.3 Å². The molecule has 0 fully saturated rings. The zero-order chi connectivity index (χ0) is 15.4. The van der Waals surface area contributed by atoms with Gasteiger partial charge in [0.2, 0.25) is 6.41 Å². The van der Waals surface area contributed by atoms with E-state index in [0.717, 1.165) is 15.6 Å². The van der Waals surface area contributed by atoms with E-state index in [2.05, 4.69) is 20.3 Å². The van der Waals surface area contributed by atoms with Crippen molar-refractivity contribution in [3.05, 3.63) is 47.9 Å². The topological polar surface area (TPSA) is 77.0 Å². The summed E-state index contributed by atoms with van der Waals surface area (Å²) < 4.78 is 5.75. The number of amides is 1. The number of aromatic nitrogens is 3. The quantitative estimate of drug-likeness (QED) is 0.732. The van der Waals surface area contributed by atoms with Crippen LogP contribution in [0.25, 0.3) is 10.6 Å². The molecule has 0 atom stereocenters. The molecule has 0 aliphatic heterocycles. The molecular formula is C15H12N4O2S. The van der Waals surface area contributed by atoms with E-state index in [1.54, 1.807) is 48.1 Å². The summed E-state index contributed by atoms with van der Waals surface area (Å²) in [6, 6.07) is 7.02. The first-order chi connectivity index (χ1) is 10.7. The lowest BCUT2D eigenvalue weighted by atomic mass is 10.3. The maximum atomic E-state index is 10.3. The number of thiazole rings is 1. The van der Waals surface area contributed by atoms with Crippen LogP contribution in [-0.4, -0.2) is 21.4 Å². The number of carbonyl (C=O) groups is 1. The molecule has 1 amide bonds. The highest BCUT2D eigenvalue weighted by atomic mass is 32.1. The summed E-state index contributed by atoms with van der Waals surface area (Å²) in [5.74, 6) is 1.71. The second-order valence-electron chi connectivity index (χ2n) is 4.36. The molecule has 6 nitrogen and oxygen atoms in total. The van der Waals surface area contributed by atoms with E-state index >= 15 is 0 Å². The van der Waals surface area contributed by atoms with Gasteiger partial charge in [-0.1, -0.05) is 0 Å². The third-order valence-corrected chi connectivity index (χ3v) is 3.72. The average molecular weight is 312 g/mol. The molecule has 3 rings (SSSR count). The van der Waals surface area contributed by atoms with E-state index in [-0.39, 0.29) is 0 Å². The highest BCUT2D eigenvalue weighted by molar-refractivity contribution is 7.15. The highest BCUT2D eigenvalue weighted by Crippen LogP contribution is 2.28.